The fraction of sp³-hybridized carbons (Fsp3) is 0.250. The molecular formula is C12H14O5S. The van der Waals surface area contributed by atoms with Crippen LogP contribution in [0.25, 0.3) is 6.08 Å². The van der Waals surface area contributed by atoms with Gasteiger partial charge in [0.05, 0.1) is 26.2 Å². The Morgan fingerprint density at radius 3 is 2.00 bits per heavy atom. The Kier molecular flexibility index (Phi) is 4.91. The van der Waals surface area contributed by atoms with E-state index in [-0.39, 0.29) is 4.91 Å². The molecule has 0 aliphatic carbocycles. The van der Waals surface area contributed by atoms with Crippen LogP contribution in [0, 0.1) is 0 Å². The lowest BCUT2D eigenvalue weighted by Gasteiger charge is -2.12. The van der Waals surface area contributed by atoms with Crippen molar-refractivity contribution in [3.63, 3.8) is 0 Å². The minimum Gasteiger partial charge on any atom is -0.493 e. The first-order valence-electron chi connectivity index (χ1n) is 4.97. The number of thiol groups is 1. The van der Waals surface area contributed by atoms with Gasteiger partial charge in [0.1, 0.15) is 0 Å². The van der Waals surface area contributed by atoms with Crippen molar-refractivity contribution in [2.45, 2.75) is 0 Å². The van der Waals surface area contributed by atoms with Gasteiger partial charge in [-0.2, -0.15) is 0 Å². The van der Waals surface area contributed by atoms with Crippen molar-refractivity contribution in [1.82, 2.24) is 0 Å². The molecule has 98 valence electrons. The summed E-state index contributed by atoms with van der Waals surface area (Å²) in [6.45, 7) is 0. The molecule has 18 heavy (non-hydrogen) atoms. The van der Waals surface area contributed by atoms with E-state index in [1.165, 1.54) is 27.4 Å². The standard InChI is InChI=1S/C12H14O5S/c1-15-8-4-7(6-10(18)12(13)14)5-9(16-2)11(8)17-3/h4-6,18H,1-3H3,(H,13,14)/b10-6-. The summed E-state index contributed by atoms with van der Waals surface area (Å²) in [5, 5.41) is 8.77. The Balaban J connectivity index is 3.32. The van der Waals surface area contributed by atoms with Crippen molar-refractivity contribution in [2.75, 3.05) is 21.3 Å². The summed E-state index contributed by atoms with van der Waals surface area (Å²) in [5.74, 6) is 0.254. The predicted molar refractivity (Wildman–Crippen MR) is 70.7 cm³/mol. The van der Waals surface area contributed by atoms with Crippen LogP contribution in [0.5, 0.6) is 17.2 Å². The second-order valence-corrected chi connectivity index (χ2v) is 3.78. The third-order valence-corrected chi connectivity index (χ3v) is 2.53. The van der Waals surface area contributed by atoms with E-state index in [4.69, 9.17) is 19.3 Å². The SMILES string of the molecule is COc1cc(/C=C(\S)C(=O)O)cc(OC)c1OC. The van der Waals surface area contributed by atoms with E-state index >= 15 is 0 Å². The highest BCUT2D eigenvalue weighted by atomic mass is 32.1. The zero-order valence-electron chi connectivity index (χ0n) is 10.3. The van der Waals surface area contributed by atoms with Crippen molar-refractivity contribution in [3.05, 3.63) is 22.6 Å². The van der Waals surface area contributed by atoms with Gasteiger partial charge >= 0.3 is 5.97 Å². The molecule has 5 nitrogen and oxygen atoms in total. The zero-order chi connectivity index (χ0) is 13.7. The molecule has 1 N–H and O–H groups in total. The van der Waals surface area contributed by atoms with Crippen molar-refractivity contribution in [1.29, 1.82) is 0 Å². The molecule has 0 saturated heterocycles. The largest absolute Gasteiger partial charge is 0.493 e. The average molecular weight is 270 g/mol. The van der Waals surface area contributed by atoms with E-state index in [9.17, 15) is 4.79 Å². The number of hydrogen-bond acceptors (Lipinski definition) is 5. The van der Waals surface area contributed by atoms with Gasteiger partial charge in [-0.15, -0.1) is 12.6 Å². The van der Waals surface area contributed by atoms with Crippen LogP contribution in [0.1, 0.15) is 5.56 Å². The van der Waals surface area contributed by atoms with Crippen LogP contribution < -0.4 is 14.2 Å². The number of aliphatic carboxylic acids is 1. The van der Waals surface area contributed by atoms with Crippen LogP contribution in [0.3, 0.4) is 0 Å². The summed E-state index contributed by atoms with van der Waals surface area (Å²) in [5.41, 5.74) is 0.594. The lowest BCUT2D eigenvalue weighted by atomic mass is 10.1. The fourth-order valence-electron chi connectivity index (χ4n) is 1.40. The Morgan fingerprint density at radius 1 is 1.17 bits per heavy atom. The normalized spacial score (nSPS) is 11.0. The molecule has 0 atom stereocenters. The maximum Gasteiger partial charge on any atom is 0.341 e. The molecule has 0 heterocycles. The molecule has 1 aromatic rings. The molecule has 0 saturated carbocycles. The molecule has 1 aromatic carbocycles. The zero-order valence-corrected chi connectivity index (χ0v) is 11.2. The van der Waals surface area contributed by atoms with Crippen molar-refractivity contribution < 1.29 is 24.1 Å². The van der Waals surface area contributed by atoms with Crippen molar-refractivity contribution >= 4 is 24.7 Å². The van der Waals surface area contributed by atoms with Crippen LogP contribution in [0.2, 0.25) is 0 Å². The van der Waals surface area contributed by atoms with Gasteiger partial charge < -0.3 is 19.3 Å². The molecule has 0 aromatic heterocycles. The maximum atomic E-state index is 10.7. The number of carboxylic acid groups (broad SMARTS) is 1. The minimum atomic E-state index is -1.10. The molecule has 0 spiro atoms. The molecule has 0 fully saturated rings. The number of methoxy groups -OCH3 is 3. The molecule has 0 amide bonds. The minimum absolute atomic E-state index is 0.0794. The fourth-order valence-corrected chi connectivity index (χ4v) is 1.55. The van der Waals surface area contributed by atoms with Crippen LogP contribution >= 0.6 is 12.6 Å². The van der Waals surface area contributed by atoms with Crippen molar-refractivity contribution in [3.8, 4) is 17.2 Å². The number of carbonyl (C=O) groups is 1. The summed E-state index contributed by atoms with van der Waals surface area (Å²) in [6, 6.07) is 3.28. The lowest BCUT2D eigenvalue weighted by molar-refractivity contribution is -0.131. The van der Waals surface area contributed by atoms with Crippen LogP contribution in [-0.4, -0.2) is 32.4 Å². The number of carboxylic acids is 1. The lowest BCUT2D eigenvalue weighted by Crippen LogP contribution is -1.97. The van der Waals surface area contributed by atoms with E-state index in [2.05, 4.69) is 12.6 Å². The smallest absolute Gasteiger partial charge is 0.341 e. The monoisotopic (exact) mass is 270 g/mol. The first-order chi connectivity index (χ1) is 8.53. The molecule has 1 rings (SSSR count). The van der Waals surface area contributed by atoms with Crippen LogP contribution in [-0.2, 0) is 4.79 Å². The van der Waals surface area contributed by atoms with Gasteiger partial charge in [-0.3, -0.25) is 0 Å². The summed E-state index contributed by atoms with van der Waals surface area (Å²) in [7, 11) is 4.48. The Bertz CT molecular complexity index is 456. The predicted octanol–water partition coefficient (Wildman–Crippen LogP) is 2.07. The van der Waals surface area contributed by atoms with E-state index in [0.717, 1.165) is 0 Å². The van der Waals surface area contributed by atoms with E-state index in [1.54, 1.807) is 12.1 Å². The highest BCUT2D eigenvalue weighted by molar-refractivity contribution is 7.85. The summed E-state index contributed by atoms with van der Waals surface area (Å²) < 4.78 is 15.5. The molecule has 0 unspecified atom stereocenters. The van der Waals surface area contributed by atoms with Gasteiger partial charge in [0.2, 0.25) is 5.75 Å². The van der Waals surface area contributed by atoms with Gasteiger partial charge in [-0.1, -0.05) is 0 Å². The number of benzene rings is 1. The maximum absolute atomic E-state index is 10.7. The van der Waals surface area contributed by atoms with Gasteiger partial charge in [0.15, 0.2) is 11.5 Å². The highest BCUT2D eigenvalue weighted by Gasteiger charge is 2.13. The summed E-state index contributed by atoms with van der Waals surface area (Å²) in [4.78, 5) is 10.6. The summed E-state index contributed by atoms with van der Waals surface area (Å²) in [6.07, 6.45) is 1.40. The third kappa shape index (κ3) is 3.10. The molecular weight excluding hydrogens is 256 g/mol. The Labute approximate surface area is 110 Å². The number of rotatable bonds is 5. The Morgan fingerprint density at radius 2 is 1.67 bits per heavy atom. The van der Waals surface area contributed by atoms with Gasteiger partial charge in [-0.25, -0.2) is 4.79 Å². The summed E-state index contributed by atoms with van der Waals surface area (Å²) >= 11 is 3.86. The first kappa shape index (κ1) is 14.2. The molecule has 6 heteroatoms. The first-order valence-corrected chi connectivity index (χ1v) is 5.42. The van der Waals surface area contributed by atoms with Gasteiger partial charge in [-0.05, 0) is 23.8 Å². The van der Waals surface area contributed by atoms with E-state index in [0.29, 0.717) is 22.8 Å². The Hall–Kier alpha value is -1.82. The molecule has 0 aliphatic rings. The molecule has 0 bridgehead atoms. The number of ether oxygens (including phenoxy) is 3. The third-order valence-electron chi connectivity index (χ3n) is 2.21. The van der Waals surface area contributed by atoms with E-state index in [1.807, 2.05) is 0 Å². The second-order valence-electron chi connectivity index (χ2n) is 3.29. The number of hydrogen-bond donors (Lipinski definition) is 2. The van der Waals surface area contributed by atoms with Crippen molar-refractivity contribution in [2.24, 2.45) is 0 Å². The quantitative estimate of drug-likeness (QED) is 0.633. The van der Waals surface area contributed by atoms with Gasteiger partial charge in [0, 0.05) is 0 Å². The second kappa shape index (κ2) is 6.20. The molecule has 0 aliphatic heterocycles. The molecule has 0 radical (unpaired) electrons. The van der Waals surface area contributed by atoms with Gasteiger partial charge in [0.25, 0.3) is 0 Å². The van der Waals surface area contributed by atoms with E-state index < -0.39 is 5.97 Å². The topological polar surface area (TPSA) is 65.0 Å². The van der Waals surface area contributed by atoms with Crippen LogP contribution in [0.4, 0.5) is 0 Å². The highest BCUT2D eigenvalue weighted by Crippen LogP contribution is 2.38. The average Bonchev–Trinajstić information content (AvgIpc) is 2.37. The van der Waals surface area contributed by atoms with Crippen LogP contribution in [0.15, 0.2) is 17.0 Å².